The molecule has 4 aromatic rings. The summed E-state index contributed by atoms with van der Waals surface area (Å²) in [7, 11) is 0. The van der Waals surface area contributed by atoms with E-state index in [0.29, 0.717) is 17.7 Å². The van der Waals surface area contributed by atoms with Gasteiger partial charge in [0, 0.05) is 11.0 Å². The number of nitrogens with zero attached hydrogens (tertiary/aromatic N) is 3. The molecule has 0 unspecified atom stereocenters. The Hall–Kier alpha value is -2.53. The second kappa shape index (κ2) is 5.83. The van der Waals surface area contributed by atoms with Crippen molar-refractivity contribution in [3.8, 4) is 0 Å². The third-order valence-corrected chi connectivity index (χ3v) is 4.75. The molecule has 1 aromatic heterocycles. The molecule has 0 fully saturated rings. The van der Waals surface area contributed by atoms with Gasteiger partial charge in [0.2, 0.25) is 0 Å². The average molecular weight is 380 g/mol. The molecular weight excluding hydrogens is 366 g/mol. The number of imidazole rings is 1. The maximum atomic E-state index is 11.1. The van der Waals surface area contributed by atoms with Crippen LogP contribution in [0, 0.1) is 11.8 Å². The fraction of sp³-hybridized carbons (Fsp3) is 0.105. The zero-order valence-electron chi connectivity index (χ0n) is 13.0. The number of aryl methyl sites for hydroxylation is 1. The van der Waals surface area contributed by atoms with Crippen molar-refractivity contribution in [1.29, 1.82) is 0 Å². The van der Waals surface area contributed by atoms with E-state index in [-0.39, 0.29) is 0 Å². The highest BCUT2D eigenvalue weighted by Gasteiger charge is 2.14. The Morgan fingerprint density at radius 3 is 2.75 bits per heavy atom. The van der Waals surface area contributed by atoms with E-state index in [0.717, 1.165) is 15.8 Å². The quantitative estimate of drug-likeness (QED) is 0.428. The highest BCUT2D eigenvalue weighted by Crippen LogP contribution is 2.31. The lowest BCUT2D eigenvalue weighted by Crippen LogP contribution is -2.02. The van der Waals surface area contributed by atoms with Crippen molar-refractivity contribution in [2.24, 2.45) is 5.18 Å². The van der Waals surface area contributed by atoms with Gasteiger partial charge in [0.05, 0.1) is 5.52 Å². The fourth-order valence-corrected chi connectivity index (χ4v) is 3.59. The number of fused-ring (bicyclic) bond motifs is 2. The lowest BCUT2D eigenvalue weighted by Gasteiger charge is -2.10. The van der Waals surface area contributed by atoms with E-state index in [2.05, 4.69) is 67.1 Å². The van der Waals surface area contributed by atoms with Crippen LogP contribution in [0.5, 0.6) is 0 Å². The highest BCUT2D eigenvalue weighted by molar-refractivity contribution is 9.10. The summed E-state index contributed by atoms with van der Waals surface area (Å²) in [5.74, 6) is 0.862. The fourth-order valence-electron chi connectivity index (χ4n) is 3.16. The molecule has 4 rings (SSSR count). The summed E-state index contributed by atoms with van der Waals surface area (Å²) >= 11 is 3.45. The van der Waals surface area contributed by atoms with Gasteiger partial charge in [0.1, 0.15) is 17.0 Å². The molecule has 4 nitrogen and oxygen atoms in total. The minimum atomic E-state index is 0.360. The van der Waals surface area contributed by atoms with E-state index in [1.54, 1.807) is 6.07 Å². The Kier molecular flexibility index (Phi) is 3.65. The molecule has 3 aromatic carbocycles. The molecule has 0 saturated carbocycles. The zero-order chi connectivity index (χ0) is 16.7. The molecule has 0 spiro atoms. The van der Waals surface area contributed by atoms with Crippen LogP contribution in [0.3, 0.4) is 0 Å². The molecule has 0 saturated heterocycles. The molecule has 1 heterocycles. The van der Waals surface area contributed by atoms with Crippen LogP contribution in [0.15, 0.2) is 64.2 Å². The van der Waals surface area contributed by atoms with Crippen molar-refractivity contribution in [2.75, 3.05) is 0 Å². The first-order valence-corrected chi connectivity index (χ1v) is 8.43. The van der Waals surface area contributed by atoms with E-state index >= 15 is 0 Å². The summed E-state index contributed by atoms with van der Waals surface area (Å²) in [5, 5.41) is 5.56. The predicted molar refractivity (Wildman–Crippen MR) is 101 cm³/mol. The lowest BCUT2D eigenvalue weighted by molar-refractivity contribution is 0.790. The highest BCUT2D eigenvalue weighted by atomic mass is 79.9. The minimum absolute atomic E-state index is 0.360. The van der Waals surface area contributed by atoms with Crippen LogP contribution in [-0.2, 0) is 6.54 Å². The van der Waals surface area contributed by atoms with Gasteiger partial charge in [-0.25, -0.2) is 4.98 Å². The van der Waals surface area contributed by atoms with E-state index in [9.17, 15) is 4.91 Å². The molecule has 0 aliphatic heterocycles. The Labute approximate surface area is 147 Å². The standard InChI is InChI=1S/C19H14BrN3O/c1-12-21-19-17(22-24)9-15(20)10-18(19)23(12)11-14-7-4-6-13-5-2-3-8-16(13)14/h2-10H,11H2,1H3. The smallest absolute Gasteiger partial charge is 0.136 e. The number of aromatic nitrogens is 2. The summed E-state index contributed by atoms with van der Waals surface area (Å²) in [5.41, 5.74) is 3.13. The molecule has 0 radical (unpaired) electrons. The SMILES string of the molecule is Cc1nc2c(N=O)cc(Br)cc2n1Cc1cccc2ccccc12. The number of hydrogen-bond donors (Lipinski definition) is 0. The largest absolute Gasteiger partial charge is 0.324 e. The van der Waals surface area contributed by atoms with Crippen LogP contribution in [0.2, 0.25) is 0 Å². The topological polar surface area (TPSA) is 47.2 Å². The molecule has 0 aliphatic rings. The number of nitroso groups, excluding NO2 is 1. The van der Waals surface area contributed by atoms with Gasteiger partial charge in [-0.15, -0.1) is 4.91 Å². The molecule has 5 heteroatoms. The van der Waals surface area contributed by atoms with E-state index in [4.69, 9.17) is 0 Å². The van der Waals surface area contributed by atoms with Crippen LogP contribution in [-0.4, -0.2) is 9.55 Å². The summed E-state index contributed by atoms with van der Waals surface area (Å²) in [6.45, 7) is 2.64. The van der Waals surface area contributed by atoms with Gasteiger partial charge >= 0.3 is 0 Å². The first-order chi connectivity index (χ1) is 11.7. The van der Waals surface area contributed by atoms with Gasteiger partial charge in [0.25, 0.3) is 0 Å². The van der Waals surface area contributed by atoms with Crippen LogP contribution in [0.4, 0.5) is 5.69 Å². The van der Waals surface area contributed by atoms with Gasteiger partial charge in [-0.2, -0.15) is 0 Å². The van der Waals surface area contributed by atoms with E-state index in [1.165, 1.54) is 16.3 Å². The molecule has 0 atom stereocenters. The van der Waals surface area contributed by atoms with Crippen molar-refractivity contribution in [2.45, 2.75) is 13.5 Å². The number of benzene rings is 3. The number of rotatable bonds is 3. The van der Waals surface area contributed by atoms with Crippen LogP contribution in [0.1, 0.15) is 11.4 Å². The first kappa shape index (κ1) is 15.0. The van der Waals surface area contributed by atoms with Gasteiger partial charge in [-0.05, 0) is 40.6 Å². The Morgan fingerprint density at radius 1 is 1.12 bits per heavy atom. The van der Waals surface area contributed by atoms with Crippen LogP contribution >= 0.6 is 15.9 Å². The van der Waals surface area contributed by atoms with Gasteiger partial charge in [-0.1, -0.05) is 58.4 Å². The minimum Gasteiger partial charge on any atom is -0.324 e. The molecule has 0 N–H and O–H groups in total. The van der Waals surface area contributed by atoms with Crippen LogP contribution in [0.25, 0.3) is 21.8 Å². The molecule has 24 heavy (non-hydrogen) atoms. The van der Waals surface area contributed by atoms with Gasteiger partial charge in [-0.3, -0.25) is 0 Å². The Bertz CT molecular complexity index is 1080. The van der Waals surface area contributed by atoms with E-state index < -0.39 is 0 Å². The average Bonchev–Trinajstić information content (AvgIpc) is 2.90. The molecule has 0 amide bonds. The summed E-state index contributed by atoms with van der Waals surface area (Å²) in [4.78, 5) is 15.7. The summed E-state index contributed by atoms with van der Waals surface area (Å²) < 4.78 is 2.94. The van der Waals surface area contributed by atoms with Crippen molar-refractivity contribution >= 4 is 43.4 Å². The van der Waals surface area contributed by atoms with Crippen molar-refractivity contribution in [3.05, 3.63) is 75.4 Å². The Morgan fingerprint density at radius 2 is 1.92 bits per heavy atom. The molecule has 118 valence electrons. The van der Waals surface area contributed by atoms with Crippen molar-refractivity contribution < 1.29 is 0 Å². The predicted octanol–water partition coefficient (Wildman–Crippen LogP) is 5.71. The summed E-state index contributed by atoms with van der Waals surface area (Å²) in [6, 6.07) is 18.3. The second-order valence-electron chi connectivity index (χ2n) is 5.77. The van der Waals surface area contributed by atoms with Crippen molar-refractivity contribution in [3.63, 3.8) is 0 Å². The zero-order valence-corrected chi connectivity index (χ0v) is 14.6. The van der Waals surface area contributed by atoms with Crippen LogP contribution < -0.4 is 0 Å². The van der Waals surface area contributed by atoms with Gasteiger partial charge < -0.3 is 4.57 Å². The van der Waals surface area contributed by atoms with Crippen molar-refractivity contribution in [1.82, 2.24) is 9.55 Å². The monoisotopic (exact) mass is 379 g/mol. The maximum Gasteiger partial charge on any atom is 0.136 e. The van der Waals surface area contributed by atoms with E-state index in [1.807, 2.05) is 19.1 Å². The Balaban J connectivity index is 1.92. The lowest BCUT2D eigenvalue weighted by atomic mass is 10.0. The number of hydrogen-bond acceptors (Lipinski definition) is 3. The normalized spacial score (nSPS) is 11.2. The summed E-state index contributed by atoms with van der Waals surface area (Å²) in [6.07, 6.45) is 0. The van der Waals surface area contributed by atoms with Gasteiger partial charge in [0.15, 0.2) is 0 Å². The second-order valence-corrected chi connectivity index (χ2v) is 6.68. The number of halogens is 1. The molecule has 0 bridgehead atoms. The maximum absolute atomic E-state index is 11.1. The third kappa shape index (κ3) is 2.41. The first-order valence-electron chi connectivity index (χ1n) is 7.64. The molecular formula is C19H14BrN3O. The third-order valence-electron chi connectivity index (χ3n) is 4.30. The molecule has 0 aliphatic carbocycles.